The van der Waals surface area contributed by atoms with Crippen molar-refractivity contribution in [3.05, 3.63) is 53.6 Å². The summed E-state index contributed by atoms with van der Waals surface area (Å²) in [6, 6.07) is 6.57. The van der Waals surface area contributed by atoms with Crippen LogP contribution in [0, 0.1) is 11.7 Å². The Labute approximate surface area is 154 Å². The first-order valence-corrected chi connectivity index (χ1v) is 9.16. The number of aryl methyl sites for hydroxylation is 1. The van der Waals surface area contributed by atoms with Crippen LogP contribution in [0.5, 0.6) is 0 Å². The van der Waals surface area contributed by atoms with E-state index in [-0.39, 0.29) is 17.8 Å². The number of halogens is 1. The highest BCUT2D eigenvalue weighted by Gasteiger charge is 2.31. The lowest BCUT2D eigenvalue weighted by Gasteiger charge is -2.34. The molecule has 1 aliphatic heterocycles. The average molecular weight is 358 g/mol. The van der Waals surface area contributed by atoms with Gasteiger partial charge in [0.1, 0.15) is 5.82 Å². The van der Waals surface area contributed by atoms with Crippen LogP contribution < -0.4 is 0 Å². The number of hydrogen-bond acceptors (Lipinski definition) is 3. The van der Waals surface area contributed by atoms with Crippen molar-refractivity contribution in [3.8, 4) is 0 Å². The number of amides is 1. The summed E-state index contributed by atoms with van der Waals surface area (Å²) in [4.78, 5) is 17.1. The molecule has 5 nitrogen and oxygen atoms in total. The topological polar surface area (TPSA) is 41.4 Å². The Morgan fingerprint density at radius 2 is 1.92 bits per heavy atom. The predicted octanol–water partition coefficient (Wildman–Crippen LogP) is 2.82. The van der Waals surface area contributed by atoms with Gasteiger partial charge in [0.2, 0.25) is 5.91 Å². The smallest absolute Gasteiger partial charge is 0.224 e. The van der Waals surface area contributed by atoms with Crippen LogP contribution in [-0.2, 0) is 24.9 Å². The summed E-state index contributed by atoms with van der Waals surface area (Å²) in [7, 11) is 1.91. The van der Waals surface area contributed by atoms with E-state index in [9.17, 15) is 9.18 Å². The minimum atomic E-state index is -0.251. The first-order valence-electron chi connectivity index (χ1n) is 9.16. The third-order valence-corrected chi connectivity index (χ3v) is 5.01. The Morgan fingerprint density at radius 3 is 2.54 bits per heavy atom. The molecule has 26 heavy (non-hydrogen) atoms. The second kappa shape index (κ2) is 7.99. The minimum Gasteiger partial charge on any atom is -0.334 e. The van der Waals surface area contributed by atoms with Gasteiger partial charge < -0.3 is 4.90 Å². The first kappa shape index (κ1) is 18.6. The fourth-order valence-electron chi connectivity index (χ4n) is 3.55. The van der Waals surface area contributed by atoms with Gasteiger partial charge in [-0.1, -0.05) is 26.0 Å². The molecule has 0 saturated carbocycles. The van der Waals surface area contributed by atoms with E-state index in [0.29, 0.717) is 18.9 Å². The van der Waals surface area contributed by atoms with Gasteiger partial charge in [-0.3, -0.25) is 14.4 Å². The summed E-state index contributed by atoms with van der Waals surface area (Å²) in [6.07, 6.45) is 4.41. The van der Waals surface area contributed by atoms with Crippen LogP contribution >= 0.6 is 0 Å². The van der Waals surface area contributed by atoms with Crippen molar-refractivity contribution >= 4 is 5.91 Å². The Morgan fingerprint density at radius 1 is 1.19 bits per heavy atom. The first-order chi connectivity index (χ1) is 12.4. The molecule has 1 aliphatic rings. The van der Waals surface area contributed by atoms with Crippen molar-refractivity contribution in [2.75, 3.05) is 13.1 Å². The van der Waals surface area contributed by atoms with Crippen molar-refractivity contribution in [2.45, 2.75) is 39.4 Å². The van der Waals surface area contributed by atoms with Crippen LogP contribution in [0.25, 0.3) is 0 Å². The molecule has 1 atom stereocenters. The monoisotopic (exact) mass is 358 g/mol. The van der Waals surface area contributed by atoms with Crippen molar-refractivity contribution in [1.82, 2.24) is 19.6 Å². The number of rotatable bonds is 5. The van der Waals surface area contributed by atoms with Gasteiger partial charge in [0.25, 0.3) is 0 Å². The zero-order chi connectivity index (χ0) is 18.7. The van der Waals surface area contributed by atoms with Crippen LogP contribution in [-0.4, -0.2) is 44.6 Å². The third-order valence-electron chi connectivity index (χ3n) is 5.01. The quantitative estimate of drug-likeness (QED) is 0.825. The molecule has 6 heteroatoms. The Balaban J connectivity index is 1.75. The van der Waals surface area contributed by atoms with E-state index in [1.54, 1.807) is 16.8 Å². The number of benzene rings is 1. The van der Waals surface area contributed by atoms with Crippen LogP contribution in [0.4, 0.5) is 4.39 Å². The van der Waals surface area contributed by atoms with E-state index in [0.717, 1.165) is 30.8 Å². The molecule has 0 aliphatic carbocycles. The van der Waals surface area contributed by atoms with Crippen molar-refractivity contribution in [2.24, 2.45) is 13.0 Å². The van der Waals surface area contributed by atoms with Crippen LogP contribution in [0.3, 0.4) is 0 Å². The summed E-state index contributed by atoms with van der Waals surface area (Å²) in [5, 5.41) is 4.23. The van der Waals surface area contributed by atoms with E-state index < -0.39 is 0 Å². The van der Waals surface area contributed by atoms with Crippen molar-refractivity contribution in [1.29, 1.82) is 0 Å². The fraction of sp³-hybridized carbons (Fsp3) is 0.500. The molecule has 1 fully saturated rings. The molecule has 1 amide bonds. The summed E-state index contributed by atoms with van der Waals surface area (Å²) >= 11 is 0. The minimum absolute atomic E-state index is 0.131. The standard InChI is InChI=1S/C20H27FN4O/c1-15(2)19-14-24(12-17-10-22-23(3)11-17)9-8-20(26)25(19)13-16-4-6-18(21)7-5-16/h4-7,10-11,15,19H,8-9,12-14H2,1-3H3. The molecule has 0 bridgehead atoms. The van der Waals surface area contributed by atoms with Crippen molar-refractivity contribution in [3.63, 3.8) is 0 Å². The normalized spacial score (nSPS) is 19.2. The molecule has 1 unspecified atom stereocenters. The zero-order valence-corrected chi connectivity index (χ0v) is 15.7. The molecule has 2 aromatic rings. The summed E-state index contributed by atoms with van der Waals surface area (Å²) in [6.45, 7) is 7.22. The maximum atomic E-state index is 13.2. The molecule has 0 radical (unpaired) electrons. The average Bonchev–Trinajstić information content (AvgIpc) is 2.94. The Hall–Kier alpha value is -2.21. The molecule has 3 rings (SSSR count). The van der Waals surface area contributed by atoms with Gasteiger partial charge in [-0.25, -0.2) is 4.39 Å². The highest BCUT2D eigenvalue weighted by Crippen LogP contribution is 2.22. The van der Waals surface area contributed by atoms with Crippen LogP contribution in [0.2, 0.25) is 0 Å². The van der Waals surface area contributed by atoms with Gasteiger partial charge >= 0.3 is 0 Å². The lowest BCUT2D eigenvalue weighted by atomic mass is 10.0. The molecule has 2 heterocycles. The molecule has 1 aromatic carbocycles. The van der Waals surface area contributed by atoms with Gasteiger partial charge in [-0.05, 0) is 23.6 Å². The van der Waals surface area contributed by atoms with Crippen LogP contribution in [0.15, 0.2) is 36.7 Å². The maximum absolute atomic E-state index is 13.2. The lowest BCUT2D eigenvalue weighted by molar-refractivity contribution is -0.134. The number of aromatic nitrogens is 2. The van der Waals surface area contributed by atoms with E-state index in [4.69, 9.17) is 0 Å². The number of hydrogen-bond donors (Lipinski definition) is 0. The SMILES string of the molecule is CC(C)C1CN(Cc2cnn(C)c2)CCC(=O)N1Cc1ccc(F)cc1. The predicted molar refractivity (Wildman–Crippen MR) is 98.7 cm³/mol. The van der Waals surface area contributed by atoms with E-state index >= 15 is 0 Å². The second-order valence-corrected chi connectivity index (χ2v) is 7.47. The molecule has 1 aromatic heterocycles. The van der Waals surface area contributed by atoms with Crippen molar-refractivity contribution < 1.29 is 9.18 Å². The largest absolute Gasteiger partial charge is 0.334 e. The molecule has 0 N–H and O–H groups in total. The summed E-state index contributed by atoms with van der Waals surface area (Å²) in [5.74, 6) is 0.259. The van der Waals surface area contributed by atoms with E-state index in [2.05, 4.69) is 23.8 Å². The molecule has 140 valence electrons. The van der Waals surface area contributed by atoms with Crippen LogP contribution in [0.1, 0.15) is 31.4 Å². The summed E-state index contributed by atoms with van der Waals surface area (Å²) < 4.78 is 15.0. The zero-order valence-electron chi connectivity index (χ0n) is 15.7. The van der Waals surface area contributed by atoms with E-state index in [1.807, 2.05) is 24.3 Å². The highest BCUT2D eigenvalue weighted by molar-refractivity contribution is 5.77. The van der Waals surface area contributed by atoms with Gasteiger partial charge in [0, 0.05) is 57.4 Å². The molecular weight excluding hydrogens is 331 g/mol. The Kier molecular flexibility index (Phi) is 5.71. The third kappa shape index (κ3) is 4.49. The number of carbonyl (C=O) groups excluding carboxylic acids is 1. The molecular formula is C20H27FN4O. The molecule has 0 spiro atoms. The number of carbonyl (C=O) groups is 1. The second-order valence-electron chi connectivity index (χ2n) is 7.47. The molecule has 1 saturated heterocycles. The highest BCUT2D eigenvalue weighted by atomic mass is 19.1. The van der Waals surface area contributed by atoms with E-state index in [1.165, 1.54) is 12.1 Å². The summed E-state index contributed by atoms with van der Waals surface area (Å²) in [5.41, 5.74) is 2.13. The number of nitrogens with zero attached hydrogens (tertiary/aromatic N) is 4. The van der Waals surface area contributed by atoms with Gasteiger partial charge in [0.15, 0.2) is 0 Å². The fourth-order valence-corrected chi connectivity index (χ4v) is 3.55. The van der Waals surface area contributed by atoms with Gasteiger partial charge in [-0.2, -0.15) is 5.10 Å². The van der Waals surface area contributed by atoms with Gasteiger partial charge in [-0.15, -0.1) is 0 Å². The van der Waals surface area contributed by atoms with Gasteiger partial charge in [0.05, 0.1) is 6.20 Å². The lowest BCUT2D eigenvalue weighted by Crippen LogP contribution is -2.45. The Bertz CT molecular complexity index is 741. The maximum Gasteiger partial charge on any atom is 0.224 e.